The summed E-state index contributed by atoms with van der Waals surface area (Å²) in [5.74, 6) is -0.0357. The number of nitrogens with one attached hydrogen (secondary N) is 1. The summed E-state index contributed by atoms with van der Waals surface area (Å²) < 4.78 is 0. The van der Waals surface area contributed by atoms with Crippen LogP contribution in [0.5, 0.6) is 0 Å². The number of aromatic amines is 1. The van der Waals surface area contributed by atoms with Crippen LogP contribution in [0.2, 0.25) is 5.02 Å². The second-order valence-corrected chi connectivity index (χ2v) is 8.02. The number of hydrogen-bond acceptors (Lipinski definition) is 1. The number of aryl methyl sites for hydroxylation is 1. The number of benzene rings is 3. The summed E-state index contributed by atoms with van der Waals surface area (Å²) in [6, 6.07) is 23.9. The highest BCUT2D eigenvalue weighted by Gasteiger charge is 2.35. The molecule has 0 unspecified atom stereocenters. The highest BCUT2D eigenvalue weighted by Crippen LogP contribution is 2.39. The Balaban J connectivity index is 1.69. The molecule has 1 atom stereocenters. The number of nitrogens with zero attached hydrogens (tertiary/aromatic N) is 1. The molecular weight excluding hydrogens is 380 g/mol. The van der Waals surface area contributed by atoms with Crippen LogP contribution in [0.1, 0.15) is 38.8 Å². The Morgan fingerprint density at radius 1 is 1.03 bits per heavy atom. The lowest BCUT2D eigenvalue weighted by Crippen LogP contribution is -2.40. The highest BCUT2D eigenvalue weighted by atomic mass is 35.5. The molecule has 2 heterocycles. The van der Waals surface area contributed by atoms with Crippen LogP contribution in [0, 0.1) is 6.92 Å². The maximum Gasteiger partial charge on any atom is 0.256 e. The van der Waals surface area contributed by atoms with Gasteiger partial charge in [0, 0.05) is 23.1 Å². The zero-order valence-corrected chi connectivity index (χ0v) is 16.9. The van der Waals surface area contributed by atoms with E-state index >= 15 is 0 Å². The molecule has 4 heteroatoms. The molecule has 29 heavy (non-hydrogen) atoms. The van der Waals surface area contributed by atoms with Crippen molar-refractivity contribution in [1.29, 1.82) is 0 Å². The Bertz CT molecular complexity index is 1230. The number of rotatable bonds is 2. The number of fused-ring (bicyclic) bond motifs is 3. The van der Waals surface area contributed by atoms with Crippen molar-refractivity contribution in [1.82, 2.24) is 9.88 Å². The molecule has 3 aromatic carbocycles. The van der Waals surface area contributed by atoms with Crippen LogP contribution in [-0.2, 0) is 6.42 Å². The normalized spacial score (nSPS) is 16.1. The van der Waals surface area contributed by atoms with Gasteiger partial charge in [-0.1, -0.05) is 71.8 Å². The summed E-state index contributed by atoms with van der Waals surface area (Å²) in [5.41, 5.74) is 6.35. The van der Waals surface area contributed by atoms with E-state index in [1.165, 1.54) is 16.5 Å². The van der Waals surface area contributed by atoms with Crippen LogP contribution in [0.25, 0.3) is 10.9 Å². The first-order valence-corrected chi connectivity index (χ1v) is 10.2. The van der Waals surface area contributed by atoms with Gasteiger partial charge in [0.1, 0.15) is 0 Å². The minimum absolute atomic E-state index is 0.0357. The smallest absolute Gasteiger partial charge is 0.256 e. The van der Waals surface area contributed by atoms with Gasteiger partial charge in [-0.25, -0.2) is 0 Å². The monoisotopic (exact) mass is 400 g/mol. The number of aromatic nitrogens is 1. The lowest BCUT2D eigenvalue weighted by Gasteiger charge is -2.36. The third kappa shape index (κ3) is 3.02. The second kappa shape index (κ2) is 7.09. The molecule has 1 aliphatic heterocycles. The van der Waals surface area contributed by atoms with E-state index in [-0.39, 0.29) is 11.9 Å². The van der Waals surface area contributed by atoms with E-state index in [0.717, 1.165) is 23.2 Å². The van der Waals surface area contributed by atoms with Crippen LogP contribution in [0.15, 0.2) is 72.8 Å². The third-order valence-corrected chi connectivity index (χ3v) is 6.09. The van der Waals surface area contributed by atoms with Crippen molar-refractivity contribution in [3.05, 3.63) is 106 Å². The van der Waals surface area contributed by atoms with Crippen LogP contribution < -0.4 is 0 Å². The fraction of sp³-hybridized carbons (Fsp3) is 0.160. The molecule has 0 bridgehead atoms. The van der Waals surface area contributed by atoms with Crippen molar-refractivity contribution in [3.8, 4) is 0 Å². The first-order valence-electron chi connectivity index (χ1n) is 9.85. The summed E-state index contributed by atoms with van der Waals surface area (Å²) in [7, 11) is 0. The molecule has 0 saturated heterocycles. The largest absolute Gasteiger partial charge is 0.356 e. The first-order chi connectivity index (χ1) is 14.1. The standard InChI is InChI=1S/C25H21ClN2O/c1-16-7-6-8-17(15-16)24-23-19(18-9-3-5-12-22(18)27-23)13-14-28(24)25(29)20-10-2-4-11-21(20)26/h2-12,15,24,27H,13-14H2,1H3/t24-/m0/s1. The number of halogens is 1. The Labute approximate surface area is 174 Å². The van der Waals surface area contributed by atoms with E-state index in [0.29, 0.717) is 17.1 Å². The number of carbonyl (C=O) groups excluding carboxylic acids is 1. The molecule has 1 amide bonds. The van der Waals surface area contributed by atoms with Gasteiger partial charge in [-0.05, 0) is 42.7 Å². The molecule has 4 aromatic rings. The van der Waals surface area contributed by atoms with Gasteiger partial charge < -0.3 is 9.88 Å². The summed E-state index contributed by atoms with van der Waals surface area (Å²) in [6.45, 7) is 2.73. The van der Waals surface area contributed by atoms with E-state index in [1.54, 1.807) is 12.1 Å². The minimum atomic E-state index is -0.171. The van der Waals surface area contributed by atoms with Crippen molar-refractivity contribution in [2.75, 3.05) is 6.54 Å². The van der Waals surface area contributed by atoms with Gasteiger partial charge in [0.2, 0.25) is 0 Å². The Kier molecular flexibility index (Phi) is 4.40. The second-order valence-electron chi connectivity index (χ2n) is 7.61. The molecule has 3 nitrogen and oxygen atoms in total. The Hall–Kier alpha value is -3.04. The van der Waals surface area contributed by atoms with E-state index in [1.807, 2.05) is 23.1 Å². The molecule has 0 spiro atoms. The highest BCUT2D eigenvalue weighted by molar-refractivity contribution is 6.33. The average molecular weight is 401 g/mol. The van der Waals surface area contributed by atoms with Gasteiger partial charge >= 0.3 is 0 Å². The van der Waals surface area contributed by atoms with Gasteiger partial charge in [0.05, 0.1) is 16.6 Å². The van der Waals surface area contributed by atoms with Gasteiger partial charge in [-0.15, -0.1) is 0 Å². The molecular formula is C25H21ClN2O. The number of hydrogen-bond donors (Lipinski definition) is 1. The van der Waals surface area contributed by atoms with Crippen molar-refractivity contribution < 1.29 is 4.79 Å². The van der Waals surface area contributed by atoms with E-state index in [2.05, 4.69) is 54.4 Å². The van der Waals surface area contributed by atoms with Crippen LogP contribution in [0.3, 0.4) is 0 Å². The van der Waals surface area contributed by atoms with Crippen molar-refractivity contribution >= 4 is 28.4 Å². The number of para-hydroxylation sites is 1. The molecule has 144 valence electrons. The summed E-state index contributed by atoms with van der Waals surface area (Å²) >= 11 is 6.37. The maximum atomic E-state index is 13.5. The molecule has 1 aliphatic rings. The van der Waals surface area contributed by atoms with Crippen molar-refractivity contribution in [2.24, 2.45) is 0 Å². The summed E-state index contributed by atoms with van der Waals surface area (Å²) in [5, 5.41) is 1.73. The predicted octanol–water partition coefficient (Wildman–Crippen LogP) is 5.92. The Morgan fingerprint density at radius 3 is 2.66 bits per heavy atom. The van der Waals surface area contributed by atoms with E-state index < -0.39 is 0 Å². The molecule has 0 saturated carbocycles. The molecule has 0 radical (unpaired) electrons. The van der Waals surface area contributed by atoms with Crippen molar-refractivity contribution in [2.45, 2.75) is 19.4 Å². The lowest BCUT2D eigenvalue weighted by molar-refractivity contribution is 0.0692. The summed E-state index contributed by atoms with van der Waals surface area (Å²) in [4.78, 5) is 19.1. The Morgan fingerprint density at radius 2 is 1.83 bits per heavy atom. The maximum absolute atomic E-state index is 13.5. The van der Waals surface area contributed by atoms with Crippen LogP contribution in [-0.4, -0.2) is 22.3 Å². The SMILES string of the molecule is Cc1cccc([C@H]2c3[nH]c4ccccc4c3CCN2C(=O)c2ccccc2Cl)c1. The number of H-pyrrole nitrogens is 1. The van der Waals surface area contributed by atoms with Crippen LogP contribution in [0.4, 0.5) is 0 Å². The van der Waals surface area contributed by atoms with E-state index in [9.17, 15) is 4.79 Å². The molecule has 0 aliphatic carbocycles. The third-order valence-electron chi connectivity index (χ3n) is 5.76. The van der Waals surface area contributed by atoms with Crippen LogP contribution >= 0.6 is 11.6 Å². The average Bonchev–Trinajstić information content (AvgIpc) is 3.11. The van der Waals surface area contributed by atoms with Crippen molar-refractivity contribution in [3.63, 3.8) is 0 Å². The molecule has 1 aromatic heterocycles. The number of carbonyl (C=O) groups is 1. The van der Waals surface area contributed by atoms with Gasteiger partial charge in [-0.3, -0.25) is 4.79 Å². The lowest BCUT2D eigenvalue weighted by atomic mass is 9.91. The first kappa shape index (κ1) is 18.0. The number of amides is 1. The summed E-state index contributed by atoms with van der Waals surface area (Å²) in [6.07, 6.45) is 0.817. The topological polar surface area (TPSA) is 36.1 Å². The van der Waals surface area contributed by atoms with Gasteiger partial charge in [0.15, 0.2) is 0 Å². The van der Waals surface area contributed by atoms with E-state index in [4.69, 9.17) is 11.6 Å². The van der Waals surface area contributed by atoms with Gasteiger partial charge in [0.25, 0.3) is 5.91 Å². The fourth-order valence-electron chi connectivity index (χ4n) is 4.44. The minimum Gasteiger partial charge on any atom is -0.356 e. The van der Waals surface area contributed by atoms with Gasteiger partial charge in [-0.2, -0.15) is 0 Å². The predicted molar refractivity (Wildman–Crippen MR) is 118 cm³/mol. The zero-order valence-electron chi connectivity index (χ0n) is 16.2. The zero-order chi connectivity index (χ0) is 20.0. The molecule has 5 rings (SSSR count). The molecule has 0 fully saturated rings. The fourth-order valence-corrected chi connectivity index (χ4v) is 4.65. The quantitative estimate of drug-likeness (QED) is 0.445. The molecule has 1 N–H and O–H groups in total.